The summed E-state index contributed by atoms with van der Waals surface area (Å²) in [5, 5.41) is 6.05. The summed E-state index contributed by atoms with van der Waals surface area (Å²) >= 11 is 3.43. The van der Waals surface area contributed by atoms with Crippen molar-refractivity contribution in [3.8, 4) is 0 Å². The Morgan fingerprint density at radius 2 is 1.89 bits per heavy atom. The lowest BCUT2D eigenvalue weighted by molar-refractivity contribution is -0.124. The first kappa shape index (κ1) is 16.2. The molecule has 1 aromatic carbocycles. The summed E-state index contributed by atoms with van der Waals surface area (Å²) < 4.78 is 1.07. The van der Waals surface area contributed by atoms with Crippen LogP contribution in [0.25, 0.3) is 0 Å². The molecular formula is C15H23BrN2O. The smallest absolute Gasteiger partial charge is 0.224 e. The summed E-state index contributed by atoms with van der Waals surface area (Å²) in [7, 11) is 1.86. The number of hydrogen-bond acceptors (Lipinski definition) is 2. The number of amides is 1. The van der Waals surface area contributed by atoms with E-state index in [4.69, 9.17) is 0 Å². The predicted molar refractivity (Wildman–Crippen MR) is 83.3 cm³/mol. The van der Waals surface area contributed by atoms with Crippen LogP contribution >= 0.6 is 15.9 Å². The van der Waals surface area contributed by atoms with Crippen molar-refractivity contribution in [2.75, 3.05) is 20.1 Å². The lowest BCUT2D eigenvalue weighted by Crippen LogP contribution is -2.41. The van der Waals surface area contributed by atoms with Crippen LogP contribution in [0.1, 0.15) is 26.3 Å². The molecule has 0 fully saturated rings. The Labute approximate surface area is 124 Å². The first-order valence-electron chi connectivity index (χ1n) is 6.55. The van der Waals surface area contributed by atoms with Gasteiger partial charge in [0.1, 0.15) is 0 Å². The largest absolute Gasteiger partial charge is 0.355 e. The molecule has 0 aliphatic rings. The number of carbonyl (C=O) groups excluding carboxylic acids is 1. The third-order valence-electron chi connectivity index (χ3n) is 3.29. The summed E-state index contributed by atoms with van der Waals surface area (Å²) in [6, 6.07) is 8.24. The van der Waals surface area contributed by atoms with Gasteiger partial charge >= 0.3 is 0 Å². The predicted octanol–water partition coefficient (Wildman–Crippen LogP) is 2.70. The molecule has 1 amide bonds. The highest BCUT2D eigenvalue weighted by Gasteiger charge is 2.22. The molecule has 0 bridgehead atoms. The van der Waals surface area contributed by atoms with Gasteiger partial charge in [-0.15, -0.1) is 0 Å². The van der Waals surface area contributed by atoms with Gasteiger partial charge in [0, 0.05) is 28.9 Å². The number of hydrogen-bond donors (Lipinski definition) is 2. The van der Waals surface area contributed by atoms with E-state index in [1.165, 1.54) is 5.56 Å². The van der Waals surface area contributed by atoms with Gasteiger partial charge in [0.2, 0.25) is 5.91 Å². The second-order valence-corrected chi connectivity index (χ2v) is 6.48. The molecule has 106 valence electrons. The SMILES string of the molecule is CNCC(C)C(=O)NCC(C)(C)c1ccc(Br)cc1. The van der Waals surface area contributed by atoms with Crippen molar-refractivity contribution in [3.05, 3.63) is 34.3 Å². The molecular weight excluding hydrogens is 304 g/mol. The normalized spacial score (nSPS) is 13.1. The van der Waals surface area contributed by atoms with E-state index in [1.807, 2.05) is 26.1 Å². The highest BCUT2D eigenvalue weighted by atomic mass is 79.9. The molecule has 2 N–H and O–H groups in total. The summed E-state index contributed by atoms with van der Waals surface area (Å²) in [5.74, 6) is 0.0882. The Kier molecular flexibility index (Phi) is 6.01. The number of rotatable bonds is 6. The third kappa shape index (κ3) is 4.96. The molecule has 19 heavy (non-hydrogen) atoms. The Balaban J connectivity index is 2.60. The lowest BCUT2D eigenvalue weighted by Gasteiger charge is -2.26. The molecule has 4 heteroatoms. The van der Waals surface area contributed by atoms with Crippen LogP contribution in [0.4, 0.5) is 0 Å². The van der Waals surface area contributed by atoms with E-state index >= 15 is 0 Å². The van der Waals surface area contributed by atoms with Gasteiger partial charge < -0.3 is 10.6 Å². The Bertz CT molecular complexity index is 415. The van der Waals surface area contributed by atoms with Crippen molar-refractivity contribution in [2.45, 2.75) is 26.2 Å². The molecule has 0 aliphatic heterocycles. The zero-order valence-corrected chi connectivity index (χ0v) is 13.7. The minimum atomic E-state index is -0.0737. The molecule has 0 spiro atoms. The van der Waals surface area contributed by atoms with Gasteiger partial charge in [-0.05, 0) is 24.7 Å². The number of benzene rings is 1. The van der Waals surface area contributed by atoms with Gasteiger partial charge in [0.15, 0.2) is 0 Å². The quantitative estimate of drug-likeness (QED) is 0.843. The van der Waals surface area contributed by atoms with Crippen molar-refractivity contribution in [3.63, 3.8) is 0 Å². The fraction of sp³-hybridized carbons (Fsp3) is 0.533. The average molecular weight is 327 g/mol. The van der Waals surface area contributed by atoms with Crippen LogP contribution in [0.15, 0.2) is 28.7 Å². The molecule has 0 aliphatic carbocycles. The van der Waals surface area contributed by atoms with Gasteiger partial charge in [-0.3, -0.25) is 4.79 Å². The van der Waals surface area contributed by atoms with Crippen LogP contribution in [0.5, 0.6) is 0 Å². The van der Waals surface area contributed by atoms with E-state index in [1.54, 1.807) is 0 Å². The molecule has 0 aromatic heterocycles. The first-order valence-corrected chi connectivity index (χ1v) is 7.34. The fourth-order valence-electron chi connectivity index (χ4n) is 1.88. The monoisotopic (exact) mass is 326 g/mol. The van der Waals surface area contributed by atoms with Crippen LogP contribution in [-0.4, -0.2) is 26.0 Å². The Morgan fingerprint density at radius 3 is 2.42 bits per heavy atom. The molecule has 1 rings (SSSR count). The van der Waals surface area contributed by atoms with Gasteiger partial charge in [-0.1, -0.05) is 48.8 Å². The van der Waals surface area contributed by atoms with E-state index in [0.29, 0.717) is 13.1 Å². The molecule has 0 radical (unpaired) electrons. The van der Waals surface area contributed by atoms with Gasteiger partial charge in [0.05, 0.1) is 0 Å². The van der Waals surface area contributed by atoms with E-state index < -0.39 is 0 Å². The van der Waals surface area contributed by atoms with E-state index in [-0.39, 0.29) is 17.2 Å². The maximum absolute atomic E-state index is 11.9. The average Bonchev–Trinajstić information content (AvgIpc) is 2.37. The summed E-state index contributed by atoms with van der Waals surface area (Å²) in [6.07, 6.45) is 0. The lowest BCUT2D eigenvalue weighted by atomic mass is 9.84. The van der Waals surface area contributed by atoms with Crippen molar-refractivity contribution in [1.29, 1.82) is 0 Å². The Morgan fingerprint density at radius 1 is 1.32 bits per heavy atom. The second-order valence-electron chi connectivity index (χ2n) is 5.57. The molecule has 3 nitrogen and oxygen atoms in total. The maximum atomic E-state index is 11.9. The van der Waals surface area contributed by atoms with Crippen LogP contribution in [-0.2, 0) is 10.2 Å². The number of carbonyl (C=O) groups is 1. The summed E-state index contributed by atoms with van der Waals surface area (Å²) in [6.45, 7) is 7.54. The van der Waals surface area contributed by atoms with Crippen molar-refractivity contribution < 1.29 is 4.79 Å². The molecule has 0 saturated carbocycles. The fourth-order valence-corrected chi connectivity index (χ4v) is 2.15. The van der Waals surface area contributed by atoms with E-state index in [9.17, 15) is 4.79 Å². The second kappa shape index (κ2) is 7.06. The Hall–Kier alpha value is -0.870. The zero-order valence-electron chi connectivity index (χ0n) is 12.1. The highest BCUT2D eigenvalue weighted by molar-refractivity contribution is 9.10. The molecule has 0 saturated heterocycles. The van der Waals surface area contributed by atoms with Crippen molar-refractivity contribution in [2.24, 2.45) is 5.92 Å². The number of nitrogens with one attached hydrogen (secondary N) is 2. The highest BCUT2D eigenvalue weighted by Crippen LogP contribution is 2.24. The molecule has 0 heterocycles. The standard InChI is InChI=1S/C15H23BrN2O/c1-11(9-17-4)14(19)18-10-15(2,3)12-5-7-13(16)8-6-12/h5-8,11,17H,9-10H2,1-4H3,(H,18,19). The van der Waals surface area contributed by atoms with E-state index in [2.05, 4.69) is 52.5 Å². The summed E-state index contributed by atoms with van der Waals surface area (Å²) in [4.78, 5) is 11.9. The van der Waals surface area contributed by atoms with Crippen LogP contribution in [0, 0.1) is 5.92 Å². The minimum Gasteiger partial charge on any atom is -0.355 e. The molecule has 1 unspecified atom stereocenters. The minimum absolute atomic E-state index is 0.00859. The van der Waals surface area contributed by atoms with Crippen LogP contribution in [0.3, 0.4) is 0 Å². The summed E-state index contributed by atoms with van der Waals surface area (Å²) in [5.41, 5.74) is 1.15. The van der Waals surface area contributed by atoms with Gasteiger partial charge in [0.25, 0.3) is 0 Å². The molecule has 1 aromatic rings. The van der Waals surface area contributed by atoms with Crippen LogP contribution < -0.4 is 10.6 Å². The molecule has 1 atom stereocenters. The maximum Gasteiger partial charge on any atom is 0.224 e. The topological polar surface area (TPSA) is 41.1 Å². The number of halogens is 1. The van der Waals surface area contributed by atoms with Gasteiger partial charge in [-0.2, -0.15) is 0 Å². The van der Waals surface area contributed by atoms with E-state index in [0.717, 1.165) is 4.47 Å². The van der Waals surface area contributed by atoms with Crippen molar-refractivity contribution >= 4 is 21.8 Å². The van der Waals surface area contributed by atoms with Crippen LogP contribution in [0.2, 0.25) is 0 Å². The first-order chi connectivity index (χ1) is 8.86. The zero-order chi connectivity index (χ0) is 14.5. The third-order valence-corrected chi connectivity index (χ3v) is 3.82. The van der Waals surface area contributed by atoms with Gasteiger partial charge in [-0.25, -0.2) is 0 Å². The van der Waals surface area contributed by atoms with Crippen molar-refractivity contribution in [1.82, 2.24) is 10.6 Å².